The molecule has 8 nitrogen and oxygen atoms in total. The molecule has 1 saturated heterocycles. The van der Waals surface area contributed by atoms with Crippen LogP contribution < -0.4 is 0 Å². The number of esters is 2. The Balaban J connectivity index is 1.26. The maximum Gasteiger partial charge on any atom is 0.348 e. The van der Waals surface area contributed by atoms with Crippen molar-refractivity contribution in [1.82, 2.24) is 14.9 Å². The Kier molecular flexibility index (Phi) is 8.92. The number of ether oxygens (including phenoxy) is 2. The molecule has 1 aliphatic heterocycles. The van der Waals surface area contributed by atoms with Crippen LogP contribution in [0, 0.1) is 24.2 Å². The van der Waals surface area contributed by atoms with Crippen molar-refractivity contribution < 1.29 is 19.1 Å². The first-order valence-corrected chi connectivity index (χ1v) is 14.3. The van der Waals surface area contributed by atoms with Gasteiger partial charge in [0.15, 0.2) is 0 Å². The lowest BCUT2D eigenvalue weighted by Gasteiger charge is -2.31. The first kappa shape index (κ1) is 27.9. The van der Waals surface area contributed by atoms with Crippen LogP contribution >= 0.6 is 22.7 Å². The Morgan fingerprint density at radius 1 is 1.18 bits per heavy atom. The minimum Gasteiger partial charge on any atom is -0.461 e. The van der Waals surface area contributed by atoms with E-state index in [-0.39, 0.29) is 12.3 Å². The normalized spacial score (nSPS) is 14.7. The van der Waals surface area contributed by atoms with E-state index in [1.165, 1.54) is 4.88 Å². The summed E-state index contributed by atoms with van der Waals surface area (Å²) < 4.78 is 11.0. The third kappa shape index (κ3) is 7.25. The molecule has 3 aromatic heterocycles. The minimum atomic E-state index is -0.614. The number of pyridine rings is 1. The Bertz CT molecular complexity index is 1310. The quantitative estimate of drug-likeness (QED) is 0.342. The van der Waals surface area contributed by atoms with E-state index in [0.29, 0.717) is 27.5 Å². The van der Waals surface area contributed by atoms with Gasteiger partial charge in [-0.25, -0.2) is 9.78 Å². The highest BCUT2D eigenvalue weighted by atomic mass is 32.1. The summed E-state index contributed by atoms with van der Waals surface area (Å²) in [6.45, 7) is 10.2. The molecule has 0 spiro atoms. The molecule has 38 heavy (non-hydrogen) atoms. The summed E-state index contributed by atoms with van der Waals surface area (Å²) in [6.07, 6.45) is 5.55. The molecular formula is C28H32N4O4S2. The molecule has 0 N–H and O–H groups in total. The third-order valence-electron chi connectivity index (χ3n) is 6.22. The molecule has 4 rings (SSSR count). The van der Waals surface area contributed by atoms with Crippen molar-refractivity contribution in [3.63, 3.8) is 0 Å². The number of nitrogens with zero attached hydrogens (tertiary/aromatic N) is 4. The van der Waals surface area contributed by atoms with E-state index in [9.17, 15) is 14.9 Å². The molecule has 0 aliphatic carbocycles. The molecule has 1 fully saturated rings. The van der Waals surface area contributed by atoms with Crippen molar-refractivity contribution in [3.05, 3.63) is 56.4 Å². The molecule has 4 heterocycles. The van der Waals surface area contributed by atoms with Crippen LogP contribution in [-0.2, 0) is 27.2 Å². The second-order valence-corrected chi connectivity index (χ2v) is 12.6. The monoisotopic (exact) mass is 552 g/mol. The number of piperidine rings is 1. The average molecular weight is 553 g/mol. The van der Waals surface area contributed by atoms with E-state index in [0.717, 1.165) is 54.5 Å². The van der Waals surface area contributed by atoms with Crippen LogP contribution in [0.2, 0.25) is 0 Å². The number of hydrogen-bond acceptors (Lipinski definition) is 10. The first-order chi connectivity index (χ1) is 18.1. The van der Waals surface area contributed by atoms with Crippen molar-refractivity contribution in [2.75, 3.05) is 19.7 Å². The van der Waals surface area contributed by atoms with Gasteiger partial charge in [-0.3, -0.25) is 14.7 Å². The lowest BCUT2D eigenvalue weighted by atomic mass is 9.98. The van der Waals surface area contributed by atoms with Crippen molar-refractivity contribution >= 4 is 34.6 Å². The molecule has 0 aromatic carbocycles. The number of aromatic nitrogens is 2. The molecule has 3 aromatic rings. The molecule has 200 valence electrons. The number of thiazole rings is 1. The van der Waals surface area contributed by atoms with E-state index in [2.05, 4.69) is 20.9 Å². The molecule has 0 amide bonds. The highest BCUT2D eigenvalue weighted by Crippen LogP contribution is 2.30. The van der Waals surface area contributed by atoms with Gasteiger partial charge in [-0.15, -0.1) is 22.7 Å². The lowest BCUT2D eigenvalue weighted by Crippen LogP contribution is -2.34. The van der Waals surface area contributed by atoms with Gasteiger partial charge in [0, 0.05) is 28.7 Å². The van der Waals surface area contributed by atoms with Crippen molar-refractivity contribution in [3.8, 4) is 16.8 Å². The number of carbonyl (C=O) groups excluding carboxylic acids is 2. The van der Waals surface area contributed by atoms with Gasteiger partial charge in [-0.1, -0.05) is 6.07 Å². The van der Waals surface area contributed by atoms with Crippen LogP contribution in [0.4, 0.5) is 0 Å². The topological polar surface area (TPSA) is 105 Å². The summed E-state index contributed by atoms with van der Waals surface area (Å²) in [7, 11) is 0. The van der Waals surface area contributed by atoms with E-state index in [1.54, 1.807) is 45.2 Å². The van der Waals surface area contributed by atoms with Gasteiger partial charge in [0.25, 0.3) is 0 Å². The average Bonchev–Trinajstić information content (AvgIpc) is 3.46. The summed E-state index contributed by atoms with van der Waals surface area (Å²) in [5.74, 6) is -0.570. The van der Waals surface area contributed by atoms with Crippen LogP contribution in [0.25, 0.3) is 10.7 Å². The molecule has 0 saturated carbocycles. The molecule has 10 heteroatoms. The number of rotatable bonds is 8. The predicted molar refractivity (Wildman–Crippen MR) is 147 cm³/mol. The maximum atomic E-state index is 12.9. The Labute approximate surface area is 231 Å². The van der Waals surface area contributed by atoms with Crippen LogP contribution in [0.1, 0.15) is 64.2 Å². The molecule has 1 aliphatic rings. The fourth-order valence-electron chi connectivity index (χ4n) is 4.33. The van der Waals surface area contributed by atoms with E-state index >= 15 is 0 Å². The van der Waals surface area contributed by atoms with Gasteiger partial charge >= 0.3 is 11.9 Å². The molecule has 0 bridgehead atoms. The SMILES string of the molecule is Cc1c(C(=O)OCC2CCN(Cc3cnc(-c4ccccn4)s3)CC2)sc(CC(=O)OC(C)(C)C)c1C#N. The second kappa shape index (κ2) is 12.2. The third-order valence-corrected chi connectivity index (χ3v) is 8.49. The smallest absolute Gasteiger partial charge is 0.348 e. The van der Waals surface area contributed by atoms with E-state index in [1.807, 2.05) is 24.4 Å². The first-order valence-electron chi connectivity index (χ1n) is 12.6. The van der Waals surface area contributed by atoms with Crippen LogP contribution in [0.5, 0.6) is 0 Å². The van der Waals surface area contributed by atoms with Gasteiger partial charge in [-0.2, -0.15) is 5.26 Å². The summed E-state index contributed by atoms with van der Waals surface area (Å²) in [5.41, 5.74) is 1.20. The van der Waals surface area contributed by atoms with Gasteiger partial charge in [0.2, 0.25) is 0 Å². The summed E-state index contributed by atoms with van der Waals surface area (Å²) >= 11 is 2.82. The largest absolute Gasteiger partial charge is 0.461 e. The zero-order chi connectivity index (χ0) is 27.3. The van der Waals surface area contributed by atoms with E-state index < -0.39 is 17.5 Å². The van der Waals surface area contributed by atoms with Crippen LogP contribution in [-0.4, -0.2) is 52.1 Å². The minimum absolute atomic E-state index is 0.0411. The number of hydrogen-bond donors (Lipinski definition) is 0. The predicted octanol–water partition coefficient (Wildman–Crippen LogP) is 5.40. The number of carbonyl (C=O) groups is 2. The van der Waals surface area contributed by atoms with Gasteiger partial charge in [0.1, 0.15) is 21.6 Å². The van der Waals surface area contributed by atoms with Gasteiger partial charge < -0.3 is 9.47 Å². The highest BCUT2D eigenvalue weighted by molar-refractivity contribution is 7.15. The summed E-state index contributed by atoms with van der Waals surface area (Å²) in [4.78, 5) is 38.6. The zero-order valence-corrected chi connectivity index (χ0v) is 23.8. The maximum absolute atomic E-state index is 12.9. The number of likely N-dealkylation sites (tertiary alicyclic amines) is 1. The Morgan fingerprint density at radius 3 is 2.61 bits per heavy atom. The van der Waals surface area contributed by atoms with Gasteiger partial charge in [0.05, 0.1) is 24.3 Å². The fraction of sp³-hybridized carbons (Fsp3) is 0.464. The molecule has 0 atom stereocenters. The molecule has 0 radical (unpaired) electrons. The van der Waals surface area contributed by atoms with Crippen molar-refractivity contribution in [2.24, 2.45) is 5.92 Å². The van der Waals surface area contributed by atoms with Crippen molar-refractivity contribution in [1.29, 1.82) is 5.26 Å². The van der Waals surface area contributed by atoms with E-state index in [4.69, 9.17) is 9.47 Å². The fourth-order valence-corrected chi connectivity index (χ4v) is 6.39. The zero-order valence-electron chi connectivity index (χ0n) is 22.2. The Morgan fingerprint density at radius 2 is 1.95 bits per heavy atom. The van der Waals surface area contributed by atoms with Crippen LogP contribution in [0.3, 0.4) is 0 Å². The van der Waals surface area contributed by atoms with Gasteiger partial charge in [-0.05, 0) is 77.2 Å². The summed E-state index contributed by atoms with van der Waals surface area (Å²) in [6, 6.07) is 7.96. The second-order valence-electron chi connectivity index (χ2n) is 10.4. The Hall–Kier alpha value is -3.13. The molecular weight excluding hydrogens is 520 g/mol. The molecule has 0 unspecified atom stereocenters. The summed E-state index contributed by atoms with van der Waals surface area (Å²) in [5, 5.41) is 10.5. The number of nitriles is 1. The van der Waals surface area contributed by atoms with Crippen molar-refractivity contribution in [2.45, 2.75) is 59.1 Å². The highest BCUT2D eigenvalue weighted by Gasteiger charge is 2.26. The lowest BCUT2D eigenvalue weighted by molar-refractivity contribution is -0.153. The van der Waals surface area contributed by atoms with Crippen LogP contribution in [0.15, 0.2) is 30.6 Å². The number of thiophene rings is 1. The standard InChI is InChI=1S/C28H32N4O4S2/c1-18-21(14-29)23(13-24(33)36-28(2,3)4)38-25(18)27(34)35-17-19-8-11-32(12-9-19)16-20-15-31-26(37-20)22-7-5-6-10-30-22/h5-7,10,15,19H,8-9,11-13,16-17H2,1-4H3.